The topological polar surface area (TPSA) is 410 Å². The second-order valence-corrected chi connectivity index (χ2v) is 21.2. The fourth-order valence-corrected chi connectivity index (χ4v) is 10.8. The molecular formula is C54H81N15O9. The number of likely N-dealkylation sites (tertiary alicyclic amines) is 1. The second-order valence-electron chi connectivity index (χ2n) is 21.2. The maximum absolute atomic E-state index is 14.8. The number of guanidine groups is 2. The van der Waals surface area contributed by atoms with Gasteiger partial charge in [0.25, 0.3) is 0 Å². The number of aliphatic imine (C=N–C) groups is 2. The van der Waals surface area contributed by atoms with Crippen LogP contribution in [0.15, 0.2) is 70.6 Å². The Labute approximate surface area is 455 Å². The molecule has 3 aliphatic rings. The van der Waals surface area contributed by atoms with Crippen LogP contribution in [0, 0.1) is 23.7 Å². The summed E-state index contributed by atoms with van der Waals surface area (Å²) in [6.07, 6.45) is 5.36. The Balaban J connectivity index is 1.37. The molecule has 2 aromatic carbocycles. The predicted octanol–water partition coefficient (Wildman–Crippen LogP) is -1.29. The highest BCUT2D eigenvalue weighted by Gasteiger charge is 2.42. The van der Waals surface area contributed by atoms with Gasteiger partial charge in [0.15, 0.2) is 11.9 Å². The average molecular weight is 1080 g/mol. The molecule has 1 aliphatic heterocycles. The van der Waals surface area contributed by atoms with Crippen LogP contribution >= 0.6 is 0 Å². The molecule has 2 bridgehead atoms. The van der Waals surface area contributed by atoms with E-state index in [0.717, 1.165) is 24.8 Å². The summed E-state index contributed by atoms with van der Waals surface area (Å²) in [6, 6.07) is 9.52. The summed E-state index contributed by atoms with van der Waals surface area (Å²) in [5, 5.41) is 16.7. The number of hydrogen-bond donors (Lipinski definition) is 12. The van der Waals surface area contributed by atoms with Gasteiger partial charge in [0.05, 0.1) is 6.42 Å². The quantitative estimate of drug-likeness (QED) is 0.0238. The molecule has 1 saturated heterocycles. The minimum atomic E-state index is -1.48. The number of amides is 9. The van der Waals surface area contributed by atoms with Crippen LogP contribution in [0.25, 0.3) is 0 Å². The van der Waals surface area contributed by atoms with Crippen LogP contribution in [-0.4, -0.2) is 132 Å². The highest BCUT2D eigenvalue weighted by atomic mass is 16.2. The highest BCUT2D eigenvalue weighted by molar-refractivity contribution is 5.98. The summed E-state index contributed by atoms with van der Waals surface area (Å²) in [4.78, 5) is 133. The molecule has 0 aromatic heterocycles. The van der Waals surface area contributed by atoms with E-state index in [1.165, 1.54) is 11.3 Å². The van der Waals surface area contributed by atoms with Crippen molar-refractivity contribution in [3.8, 4) is 0 Å². The fraction of sp³-hybridized carbons (Fsp3) is 0.574. The van der Waals surface area contributed by atoms with Crippen molar-refractivity contribution in [1.82, 2.24) is 36.8 Å². The van der Waals surface area contributed by atoms with Crippen LogP contribution in [0.2, 0.25) is 0 Å². The van der Waals surface area contributed by atoms with E-state index in [1.807, 2.05) is 44.2 Å². The van der Waals surface area contributed by atoms with Gasteiger partial charge in [-0.15, -0.1) is 0 Å². The molecule has 9 amide bonds. The zero-order chi connectivity index (χ0) is 56.9. The molecule has 3 fully saturated rings. The van der Waals surface area contributed by atoms with Crippen molar-refractivity contribution >= 4 is 65.1 Å². The van der Waals surface area contributed by atoms with Gasteiger partial charge in [0.1, 0.15) is 42.3 Å². The average Bonchev–Trinajstić information content (AvgIpc) is 4.18. The zero-order valence-corrected chi connectivity index (χ0v) is 44.8. The van der Waals surface area contributed by atoms with Crippen LogP contribution in [0.3, 0.4) is 0 Å². The van der Waals surface area contributed by atoms with Crippen molar-refractivity contribution < 1.29 is 43.2 Å². The summed E-state index contributed by atoms with van der Waals surface area (Å²) < 4.78 is 0. The smallest absolute Gasteiger partial charge is 0.245 e. The molecule has 0 radical (unpaired) electrons. The number of hydrogen-bond acceptors (Lipinski definition) is 11. The lowest BCUT2D eigenvalue weighted by molar-refractivity contribution is -0.142. The van der Waals surface area contributed by atoms with Gasteiger partial charge >= 0.3 is 0 Å². The Morgan fingerprint density at radius 3 is 1.62 bits per heavy atom. The Morgan fingerprint density at radius 1 is 0.590 bits per heavy atom. The van der Waals surface area contributed by atoms with Crippen LogP contribution in [0.5, 0.6) is 0 Å². The number of primary amides is 2. The van der Waals surface area contributed by atoms with Crippen LogP contribution in [0.4, 0.5) is 0 Å². The largest absolute Gasteiger partial charge is 0.370 e. The van der Waals surface area contributed by atoms with Crippen molar-refractivity contribution in [2.24, 2.45) is 68.1 Å². The predicted molar refractivity (Wildman–Crippen MR) is 292 cm³/mol. The molecule has 3 unspecified atom stereocenters. The minimum Gasteiger partial charge on any atom is -0.370 e. The Kier molecular flexibility index (Phi) is 23.7. The second kappa shape index (κ2) is 30.2. The molecule has 1 heterocycles. The highest BCUT2D eigenvalue weighted by Crippen LogP contribution is 2.49. The van der Waals surface area contributed by atoms with E-state index in [4.69, 9.17) is 34.4 Å². The van der Waals surface area contributed by atoms with Gasteiger partial charge in [-0.05, 0) is 99.0 Å². The molecule has 18 N–H and O–H groups in total. The van der Waals surface area contributed by atoms with Gasteiger partial charge < -0.3 is 71.2 Å². The standard InChI is InChI=1S/C54H81N15O9/c1-31(2)24-40(67-49(75)41(27-32-12-5-3-6-13-32)63-45(71)29-36-26-34-19-20-35(36)25-34)48(74)68-42(28-33-14-7-4-8-15-33)50(76)65-38(17-10-22-62-54(59)60)52(78)69-23-11-18-43(69)51(77)64-37(16-9-21-61-53(57)58)47(73)66-39(46(56)72)30-44(55)70/h3-8,12-15,31,34-43H,9-11,16-30H2,1-2H3,(H2,55,70)(H2,56,72)(H,63,71)(H,64,77)(H,65,76)(H,66,73)(H,67,75)(H,68,74)(H4,57,58,61)(H4,59,60,62)/t34?,35?,36?,37-,38-,39-,40-,41-,42-,43-/m0/s1. The SMILES string of the molecule is CC(C)C[C@H](NC(=O)[C@H](Cc1ccccc1)NC(=O)CC1CC2CCC1C2)C(=O)N[C@@H](Cc1ccccc1)C(=O)N[C@@H](CCCN=C(N)N)C(=O)N1CCC[C@H]1C(=O)N[C@@H](CCCN=C(N)N)C(=O)N[C@@H](CC(N)=O)C(N)=O. The van der Waals surface area contributed by atoms with Crippen molar-refractivity contribution in [2.75, 3.05) is 19.6 Å². The van der Waals surface area contributed by atoms with Crippen molar-refractivity contribution in [2.45, 2.75) is 152 Å². The molecule has 24 nitrogen and oxygen atoms in total. The normalized spacial score (nSPS) is 19.7. The molecule has 24 heteroatoms. The number of nitrogens with one attached hydrogen (secondary N) is 6. The lowest BCUT2D eigenvalue weighted by Crippen LogP contribution is -2.60. The lowest BCUT2D eigenvalue weighted by Gasteiger charge is -2.31. The summed E-state index contributed by atoms with van der Waals surface area (Å²) >= 11 is 0. The monoisotopic (exact) mass is 1080 g/mol. The summed E-state index contributed by atoms with van der Waals surface area (Å²) in [6.45, 7) is 4.03. The maximum Gasteiger partial charge on any atom is 0.245 e. The van der Waals surface area contributed by atoms with E-state index < -0.39 is 96.0 Å². The molecule has 2 saturated carbocycles. The van der Waals surface area contributed by atoms with Crippen molar-refractivity contribution in [3.05, 3.63) is 71.8 Å². The molecule has 0 spiro atoms. The first-order valence-corrected chi connectivity index (χ1v) is 27.0. The third kappa shape index (κ3) is 19.7. The van der Waals surface area contributed by atoms with Gasteiger partial charge in [0, 0.05) is 38.9 Å². The minimum absolute atomic E-state index is 0.00900. The van der Waals surface area contributed by atoms with Gasteiger partial charge in [0.2, 0.25) is 53.2 Å². The van der Waals surface area contributed by atoms with E-state index in [2.05, 4.69) is 41.9 Å². The zero-order valence-electron chi connectivity index (χ0n) is 44.8. The van der Waals surface area contributed by atoms with E-state index >= 15 is 0 Å². The Bertz CT molecular complexity index is 2450. The fourth-order valence-electron chi connectivity index (χ4n) is 10.8. The first-order chi connectivity index (χ1) is 37.2. The van der Waals surface area contributed by atoms with E-state index in [9.17, 15) is 43.2 Å². The third-order valence-electron chi connectivity index (χ3n) is 14.6. The van der Waals surface area contributed by atoms with Gasteiger partial charge in [-0.3, -0.25) is 53.1 Å². The number of nitrogens with two attached hydrogens (primary N) is 6. The molecule has 78 heavy (non-hydrogen) atoms. The summed E-state index contributed by atoms with van der Waals surface area (Å²) in [5.74, 6) is -5.45. The summed E-state index contributed by atoms with van der Waals surface area (Å²) in [7, 11) is 0. The molecule has 10 atom stereocenters. The van der Waals surface area contributed by atoms with Gasteiger partial charge in [-0.1, -0.05) is 80.9 Å². The number of rotatable bonds is 31. The molecule has 5 rings (SSSR count). The molecule has 426 valence electrons. The van der Waals surface area contributed by atoms with E-state index in [-0.39, 0.29) is 101 Å². The van der Waals surface area contributed by atoms with E-state index in [1.54, 1.807) is 30.3 Å². The number of fused-ring (bicyclic) bond motifs is 2. The van der Waals surface area contributed by atoms with Gasteiger partial charge in [-0.2, -0.15) is 0 Å². The van der Waals surface area contributed by atoms with E-state index in [0.29, 0.717) is 30.2 Å². The van der Waals surface area contributed by atoms with Crippen molar-refractivity contribution in [3.63, 3.8) is 0 Å². The maximum atomic E-state index is 14.8. The first-order valence-electron chi connectivity index (χ1n) is 27.0. The van der Waals surface area contributed by atoms with Crippen LogP contribution < -0.4 is 66.3 Å². The molecule has 2 aromatic rings. The lowest BCUT2D eigenvalue weighted by atomic mass is 9.86. The molecule has 2 aliphatic carbocycles. The molecular weight excluding hydrogens is 1000 g/mol. The number of nitrogens with zero attached hydrogens (tertiary/aromatic N) is 3. The van der Waals surface area contributed by atoms with Crippen LogP contribution in [-0.2, 0) is 56.0 Å². The Hall–Kier alpha value is -7.79. The number of carbonyl (C=O) groups is 9. The number of carbonyl (C=O) groups excluding carboxylic acids is 9. The van der Waals surface area contributed by atoms with Crippen molar-refractivity contribution in [1.29, 1.82) is 0 Å². The van der Waals surface area contributed by atoms with Gasteiger partial charge in [-0.25, -0.2) is 0 Å². The Morgan fingerprint density at radius 2 is 1.10 bits per heavy atom. The van der Waals surface area contributed by atoms with Crippen LogP contribution in [0.1, 0.15) is 108 Å². The first kappa shape index (κ1) is 61.1. The third-order valence-corrected chi connectivity index (χ3v) is 14.6. The number of benzene rings is 2. The summed E-state index contributed by atoms with van der Waals surface area (Å²) in [5.41, 5.74) is 34.3.